The van der Waals surface area contributed by atoms with Crippen molar-refractivity contribution < 1.29 is 9.47 Å². The molecule has 0 saturated carbocycles. The Bertz CT molecular complexity index is 678. The van der Waals surface area contributed by atoms with E-state index in [0.29, 0.717) is 17.1 Å². The van der Waals surface area contributed by atoms with E-state index in [1.807, 2.05) is 18.2 Å². The van der Waals surface area contributed by atoms with Gasteiger partial charge in [0.1, 0.15) is 6.33 Å². The van der Waals surface area contributed by atoms with E-state index in [9.17, 15) is 0 Å². The summed E-state index contributed by atoms with van der Waals surface area (Å²) >= 11 is 5.03. The number of unbranched alkanes of at least 4 members (excludes halogenated alkanes) is 2. The number of hydrogen-bond donors (Lipinski definition) is 1. The molecule has 2 rings (SSSR count). The molecule has 0 amide bonds. The summed E-state index contributed by atoms with van der Waals surface area (Å²) in [7, 11) is 1.63. The minimum atomic E-state index is 0.444. The maximum atomic E-state index is 5.75. The third-order valence-electron chi connectivity index (χ3n) is 3.06. The second-order valence-electron chi connectivity index (χ2n) is 4.72. The zero-order chi connectivity index (χ0) is 15.8. The lowest BCUT2D eigenvalue weighted by molar-refractivity contribution is 0.286. The number of aromatic nitrogens is 3. The van der Waals surface area contributed by atoms with Crippen LogP contribution in [0.3, 0.4) is 0 Å². The molecule has 0 bridgehead atoms. The van der Waals surface area contributed by atoms with Gasteiger partial charge in [0.2, 0.25) is 4.77 Å². The van der Waals surface area contributed by atoms with Crippen LogP contribution in [0.25, 0.3) is 0 Å². The molecule has 0 aliphatic carbocycles. The van der Waals surface area contributed by atoms with Crippen LogP contribution in [0.4, 0.5) is 0 Å². The van der Waals surface area contributed by atoms with Gasteiger partial charge in [-0.3, -0.25) is 5.10 Å². The summed E-state index contributed by atoms with van der Waals surface area (Å²) in [5.74, 6) is 1.44. The van der Waals surface area contributed by atoms with Crippen LogP contribution in [0, 0.1) is 4.77 Å². The largest absolute Gasteiger partial charge is 0.493 e. The molecule has 0 radical (unpaired) electrons. The van der Waals surface area contributed by atoms with E-state index in [2.05, 4.69) is 22.2 Å². The molecule has 1 heterocycles. The standard InChI is InChI=1S/C15H20N4O2S/c1-3-4-5-8-21-13-7-6-12(9-14(13)20-2)10-17-19-11-16-18-15(19)22/h6-7,9-11H,3-5,8H2,1-2H3,(H,18,22). The summed E-state index contributed by atoms with van der Waals surface area (Å²) in [5.41, 5.74) is 0.890. The van der Waals surface area contributed by atoms with Crippen LogP contribution in [0.2, 0.25) is 0 Å². The summed E-state index contributed by atoms with van der Waals surface area (Å²) in [4.78, 5) is 0. The first kappa shape index (κ1) is 16.2. The van der Waals surface area contributed by atoms with Gasteiger partial charge in [0, 0.05) is 0 Å². The van der Waals surface area contributed by atoms with Crippen molar-refractivity contribution in [3.05, 3.63) is 34.9 Å². The van der Waals surface area contributed by atoms with Crippen LogP contribution in [0.1, 0.15) is 31.7 Å². The van der Waals surface area contributed by atoms with Crippen molar-refractivity contribution in [2.24, 2.45) is 5.10 Å². The van der Waals surface area contributed by atoms with Gasteiger partial charge in [-0.15, -0.1) is 0 Å². The fraction of sp³-hybridized carbons (Fsp3) is 0.400. The normalized spacial score (nSPS) is 11.0. The Balaban J connectivity index is 2.06. The minimum absolute atomic E-state index is 0.444. The monoisotopic (exact) mass is 320 g/mol. The van der Waals surface area contributed by atoms with Crippen molar-refractivity contribution in [2.75, 3.05) is 13.7 Å². The topological polar surface area (TPSA) is 64.4 Å². The average molecular weight is 320 g/mol. The molecule has 6 nitrogen and oxygen atoms in total. The average Bonchev–Trinajstić information content (AvgIpc) is 2.95. The molecule has 22 heavy (non-hydrogen) atoms. The molecule has 0 saturated heterocycles. The Labute approximate surface area is 134 Å². The number of nitrogens with zero attached hydrogens (tertiary/aromatic N) is 3. The van der Waals surface area contributed by atoms with Crippen LogP contribution in [0.15, 0.2) is 29.6 Å². The molecule has 0 atom stereocenters. The molecule has 0 fully saturated rings. The van der Waals surface area contributed by atoms with Crippen molar-refractivity contribution in [1.29, 1.82) is 0 Å². The first-order chi connectivity index (χ1) is 10.7. The molecular weight excluding hydrogens is 300 g/mol. The maximum absolute atomic E-state index is 5.75. The van der Waals surface area contributed by atoms with Gasteiger partial charge in [0.25, 0.3) is 0 Å². The number of H-pyrrole nitrogens is 1. The summed E-state index contributed by atoms with van der Waals surface area (Å²) in [5, 5.41) is 10.7. The Morgan fingerprint density at radius 3 is 2.91 bits per heavy atom. The number of rotatable bonds is 8. The second-order valence-corrected chi connectivity index (χ2v) is 5.10. The summed E-state index contributed by atoms with van der Waals surface area (Å²) in [6.07, 6.45) is 6.59. The molecule has 0 unspecified atom stereocenters. The minimum Gasteiger partial charge on any atom is -0.493 e. The zero-order valence-corrected chi connectivity index (χ0v) is 13.6. The Hall–Kier alpha value is -2.15. The number of methoxy groups -OCH3 is 1. The van der Waals surface area contributed by atoms with Crippen molar-refractivity contribution in [2.45, 2.75) is 26.2 Å². The van der Waals surface area contributed by atoms with E-state index in [1.165, 1.54) is 23.8 Å². The highest BCUT2D eigenvalue weighted by atomic mass is 32.1. The van der Waals surface area contributed by atoms with Gasteiger partial charge in [-0.05, 0) is 42.4 Å². The van der Waals surface area contributed by atoms with Crippen molar-refractivity contribution in [3.63, 3.8) is 0 Å². The summed E-state index contributed by atoms with van der Waals surface area (Å²) in [6.45, 7) is 2.86. The van der Waals surface area contributed by atoms with E-state index in [4.69, 9.17) is 21.7 Å². The van der Waals surface area contributed by atoms with E-state index in [-0.39, 0.29) is 0 Å². The number of nitrogens with one attached hydrogen (secondary N) is 1. The second kappa shape index (κ2) is 8.33. The highest BCUT2D eigenvalue weighted by molar-refractivity contribution is 7.71. The van der Waals surface area contributed by atoms with Crippen LogP contribution in [-0.2, 0) is 0 Å². The number of benzene rings is 1. The van der Waals surface area contributed by atoms with Gasteiger partial charge in [-0.2, -0.15) is 14.9 Å². The molecule has 1 aromatic carbocycles. The number of hydrogen-bond acceptors (Lipinski definition) is 5. The summed E-state index contributed by atoms with van der Waals surface area (Å²) in [6, 6.07) is 5.69. The predicted molar refractivity (Wildman–Crippen MR) is 88.4 cm³/mol. The molecule has 1 aromatic heterocycles. The van der Waals surface area contributed by atoms with Crippen LogP contribution in [0.5, 0.6) is 11.5 Å². The highest BCUT2D eigenvalue weighted by Gasteiger charge is 2.05. The molecule has 7 heteroatoms. The smallest absolute Gasteiger partial charge is 0.216 e. The fourth-order valence-electron chi connectivity index (χ4n) is 1.87. The van der Waals surface area contributed by atoms with Crippen LogP contribution < -0.4 is 9.47 Å². The van der Waals surface area contributed by atoms with E-state index < -0.39 is 0 Å². The molecule has 2 aromatic rings. The third kappa shape index (κ3) is 4.42. The van der Waals surface area contributed by atoms with Gasteiger partial charge in [0.05, 0.1) is 19.9 Å². The zero-order valence-electron chi connectivity index (χ0n) is 12.8. The molecule has 0 spiro atoms. The highest BCUT2D eigenvalue weighted by Crippen LogP contribution is 2.27. The van der Waals surface area contributed by atoms with E-state index in [0.717, 1.165) is 17.7 Å². The lowest BCUT2D eigenvalue weighted by atomic mass is 10.2. The van der Waals surface area contributed by atoms with Gasteiger partial charge >= 0.3 is 0 Å². The van der Waals surface area contributed by atoms with Gasteiger partial charge < -0.3 is 9.47 Å². The van der Waals surface area contributed by atoms with Crippen LogP contribution >= 0.6 is 12.2 Å². The van der Waals surface area contributed by atoms with Gasteiger partial charge in [0.15, 0.2) is 11.5 Å². The maximum Gasteiger partial charge on any atom is 0.216 e. The predicted octanol–water partition coefficient (Wildman–Crippen LogP) is 3.40. The SMILES string of the molecule is CCCCCOc1ccc(C=Nn2cn[nH]c2=S)cc1OC. The quantitative estimate of drug-likeness (QED) is 0.460. The lowest BCUT2D eigenvalue weighted by Crippen LogP contribution is -2.00. The van der Waals surface area contributed by atoms with Crippen molar-refractivity contribution >= 4 is 18.4 Å². The first-order valence-corrected chi connectivity index (χ1v) is 7.62. The van der Waals surface area contributed by atoms with Crippen LogP contribution in [-0.4, -0.2) is 34.8 Å². The lowest BCUT2D eigenvalue weighted by Gasteiger charge is -2.11. The Kier molecular flexibility index (Phi) is 6.14. The van der Waals surface area contributed by atoms with Gasteiger partial charge in [-0.1, -0.05) is 19.8 Å². The third-order valence-corrected chi connectivity index (χ3v) is 3.34. The molecule has 1 N–H and O–H groups in total. The Morgan fingerprint density at radius 2 is 2.23 bits per heavy atom. The Morgan fingerprint density at radius 1 is 1.36 bits per heavy atom. The van der Waals surface area contributed by atoms with E-state index in [1.54, 1.807) is 13.3 Å². The first-order valence-electron chi connectivity index (χ1n) is 7.21. The fourth-order valence-corrected chi connectivity index (χ4v) is 2.02. The molecule has 0 aliphatic heterocycles. The van der Waals surface area contributed by atoms with Crippen molar-refractivity contribution in [1.82, 2.24) is 14.9 Å². The van der Waals surface area contributed by atoms with Crippen molar-refractivity contribution in [3.8, 4) is 11.5 Å². The summed E-state index contributed by atoms with van der Waals surface area (Å²) < 4.78 is 13.0. The van der Waals surface area contributed by atoms with Gasteiger partial charge in [-0.25, -0.2) is 0 Å². The number of ether oxygens (including phenoxy) is 2. The molecule has 118 valence electrons. The molecule has 0 aliphatic rings. The molecular formula is C15H20N4O2S. The number of aromatic amines is 1. The van der Waals surface area contributed by atoms with E-state index >= 15 is 0 Å².